The summed E-state index contributed by atoms with van der Waals surface area (Å²) >= 11 is 0. The van der Waals surface area contributed by atoms with Crippen LogP contribution in [0.1, 0.15) is 44.5 Å². The molecule has 4 rings (SSSR count). The number of nitrogens with zero attached hydrogens (tertiary/aromatic N) is 2. The highest BCUT2D eigenvalue weighted by molar-refractivity contribution is 5.66. The van der Waals surface area contributed by atoms with Gasteiger partial charge in [0.25, 0.3) is 5.82 Å². The minimum absolute atomic E-state index is 0.690. The molecule has 1 aliphatic rings. The van der Waals surface area contributed by atoms with Gasteiger partial charge in [-0.3, -0.25) is 0 Å². The van der Waals surface area contributed by atoms with Gasteiger partial charge in [-0.25, -0.2) is 4.57 Å². The highest BCUT2D eigenvalue weighted by atomic mass is 16.5. The molecule has 2 heterocycles. The summed E-state index contributed by atoms with van der Waals surface area (Å²) in [4.78, 5) is 0. The lowest BCUT2D eigenvalue weighted by atomic mass is 10.1. The van der Waals surface area contributed by atoms with Crippen molar-refractivity contribution >= 4 is 5.57 Å². The molecule has 0 radical (unpaired) electrons. The van der Waals surface area contributed by atoms with Crippen molar-refractivity contribution in [1.82, 2.24) is 4.57 Å². The van der Waals surface area contributed by atoms with Crippen molar-refractivity contribution in [3.8, 4) is 22.7 Å². The Kier molecular flexibility index (Phi) is 7.06. The van der Waals surface area contributed by atoms with Crippen molar-refractivity contribution in [2.24, 2.45) is 0 Å². The summed E-state index contributed by atoms with van der Waals surface area (Å²) in [6.07, 6.45) is 15.1. The van der Waals surface area contributed by atoms with Crippen LogP contribution in [-0.2, 0) is 13.0 Å². The second kappa shape index (κ2) is 10.3. The fourth-order valence-electron chi connectivity index (χ4n) is 4.37. The molecule has 0 N–H and O–H groups in total. The minimum atomic E-state index is 0.690. The zero-order valence-electron chi connectivity index (χ0n) is 19.3. The first-order valence-corrected chi connectivity index (χ1v) is 11.7. The van der Waals surface area contributed by atoms with E-state index in [9.17, 15) is 0 Å². The number of allylic oxidation sites excluding steroid dienone is 5. The molecule has 0 saturated carbocycles. The smallest absolute Gasteiger partial charge is 0.262 e. The summed E-state index contributed by atoms with van der Waals surface area (Å²) in [6, 6.07) is 17.4. The van der Waals surface area contributed by atoms with Gasteiger partial charge in [-0.05, 0) is 80.6 Å². The molecular formula is C29H33N2O+. The quantitative estimate of drug-likeness (QED) is 0.304. The van der Waals surface area contributed by atoms with Gasteiger partial charge >= 0.3 is 0 Å². The van der Waals surface area contributed by atoms with Crippen LogP contribution >= 0.6 is 0 Å². The van der Waals surface area contributed by atoms with Crippen LogP contribution in [0.4, 0.5) is 0 Å². The molecule has 0 fully saturated rings. The molecule has 0 spiro atoms. The van der Waals surface area contributed by atoms with Crippen molar-refractivity contribution in [2.75, 3.05) is 6.61 Å². The molecule has 164 valence electrons. The van der Waals surface area contributed by atoms with Crippen molar-refractivity contribution < 1.29 is 9.30 Å². The zero-order valence-corrected chi connectivity index (χ0v) is 19.3. The van der Waals surface area contributed by atoms with Crippen LogP contribution < -0.4 is 9.30 Å². The van der Waals surface area contributed by atoms with E-state index < -0.39 is 0 Å². The van der Waals surface area contributed by atoms with Crippen molar-refractivity contribution in [2.45, 2.75) is 46.1 Å². The van der Waals surface area contributed by atoms with Crippen LogP contribution in [-0.4, -0.2) is 11.2 Å². The maximum Gasteiger partial charge on any atom is 0.262 e. The van der Waals surface area contributed by atoms with Gasteiger partial charge in [-0.1, -0.05) is 43.0 Å². The second-order valence-electron chi connectivity index (χ2n) is 8.24. The summed E-state index contributed by atoms with van der Waals surface area (Å²) in [5.41, 5.74) is 6.20. The van der Waals surface area contributed by atoms with Crippen molar-refractivity contribution in [3.63, 3.8) is 0 Å². The number of rotatable bonds is 7. The summed E-state index contributed by atoms with van der Waals surface area (Å²) in [5, 5.41) is 0. The number of ether oxygens (including phenoxy) is 1. The van der Waals surface area contributed by atoms with Gasteiger partial charge in [-0.15, -0.1) is 0 Å². The van der Waals surface area contributed by atoms with Crippen LogP contribution in [0.2, 0.25) is 0 Å². The molecule has 3 heteroatoms. The Balaban J connectivity index is 1.71. The first-order valence-electron chi connectivity index (χ1n) is 11.7. The maximum atomic E-state index is 5.64. The van der Waals surface area contributed by atoms with Crippen molar-refractivity contribution in [3.05, 3.63) is 97.0 Å². The van der Waals surface area contributed by atoms with E-state index in [4.69, 9.17) is 4.74 Å². The van der Waals surface area contributed by atoms with Crippen molar-refractivity contribution in [1.29, 1.82) is 0 Å². The molecule has 0 aliphatic carbocycles. The molecule has 2 aromatic carbocycles. The Morgan fingerprint density at radius 3 is 2.53 bits per heavy atom. The van der Waals surface area contributed by atoms with Crippen LogP contribution in [0, 0.1) is 0 Å². The summed E-state index contributed by atoms with van der Waals surface area (Å²) < 4.78 is 10.5. The third kappa shape index (κ3) is 4.77. The highest BCUT2D eigenvalue weighted by Crippen LogP contribution is 2.26. The fourth-order valence-corrected chi connectivity index (χ4v) is 4.37. The maximum absolute atomic E-state index is 5.64. The van der Waals surface area contributed by atoms with Crippen LogP contribution in [0.5, 0.6) is 5.75 Å². The highest BCUT2D eigenvalue weighted by Gasteiger charge is 2.26. The zero-order chi connectivity index (χ0) is 22.3. The predicted octanol–water partition coefficient (Wildman–Crippen LogP) is 6.70. The van der Waals surface area contributed by atoms with Gasteiger partial charge < -0.3 is 4.74 Å². The van der Waals surface area contributed by atoms with E-state index in [0.717, 1.165) is 18.7 Å². The van der Waals surface area contributed by atoms with Gasteiger partial charge in [0, 0.05) is 12.0 Å². The third-order valence-electron chi connectivity index (χ3n) is 6.07. The largest absolute Gasteiger partial charge is 0.494 e. The predicted molar refractivity (Wildman–Crippen MR) is 133 cm³/mol. The standard InChI is InChI=1S/C29H33N2O/c1-4-6-8-11-23(3)24-13-17-26(18-14-24)31-22-28(30-21-10-7-9-12-29(30)31)25-15-19-27(20-16-25)32-5-2/h4,6,8,11,13-20,22H,1,5,7,9-10,12,21H2,2-3H3/q+1/b8-6-,23-11+. The number of aromatic nitrogens is 2. The van der Waals surface area contributed by atoms with Gasteiger partial charge in [0.1, 0.15) is 17.6 Å². The SMILES string of the molecule is C=C/C=C\C=C(/C)c1ccc(-n2cc(-c3ccc(OCC)cc3)[n+]3c2CCCCC3)cc1. The lowest BCUT2D eigenvalue weighted by molar-refractivity contribution is -0.692. The van der Waals surface area contributed by atoms with Crippen LogP contribution in [0.3, 0.4) is 0 Å². The number of fused-ring (bicyclic) bond motifs is 1. The van der Waals surface area contributed by atoms with E-state index in [0.29, 0.717) is 6.61 Å². The van der Waals surface area contributed by atoms with E-state index in [1.807, 2.05) is 19.1 Å². The van der Waals surface area contributed by atoms with E-state index in [1.165, 1.54) is 53.2 Å². The van der Waals surface area contributed by atoms with Gasteiger partial charge in [-0.2, -0.15) is 4.57 Å². The first-order chi connectivity index (χ1) is 15.7. The van der Waals surface area contributed by atoms with Crippen LogP contribution in [0.25, 0.3) is 22.5 Å². The van der Waals surface area contributed by atoms with E-state index >= 15 is 0 Å². The molecule has 0 amide bonds. The van der Waals surface area contributed by atoms with Gasteiger partial charge in [0.15, 0.2) is 5.69 Å². The Labute approximate surface area is 192 Å². The number of hydrogen-bond acceptors (Lipinski definition) is 1. The summed E-state index contributed by atoms with van der Waals surface area (Å²) in [7, 11) is 0. The van der Waals surface area contributed by atoms with Gasteiger partial charge in [0.05, 0.1) is 13.2 Å². The molecule has 0 saturated heterocycles. The summed E-state index contributed by atoms with van der Waals surface area (Å²) in [5.74, 6) is 2.31. The Bertz CT molecular complexity index is 1120. The minimum Gasteiger partial charge on any atom is -0.494 e. The molecule has 0 bridgehead atoms. The summed E-state index contributed by atoms with van der Waals surface area (Å²) in [6.45, 7) is 9.65. The Morgan fingerprint density at radius 1 is 1.03 bits per heavy atom. The molecule has 32 heavy (non-hydrogen) atoms. The third-order valence-corrected chi connectivity index (χ3v) is 6.07. The fraction of sp³-hybridized carbons (Fsp3) is 0.276. The Hall–Kier alpha value is -3.33. The first kappa shape index (κ1) is 21.9. The molecule has 1 aliphatic heterocycles. The van der Waals surface area contributed by atoms with E-state index in [2.05, 4.69) is 83.4 Å². The Morgan fingerprint density at radius 2 is 1.81 bits per heavy atom. The number of benzene rings is 2. The monoisotopic (exact) mass is 425 g/mol. The normalized spacial score (nSPS) is 14.2. The number of hydrogen-bond donors (Lipinski definition) is 0. The molecular weight excluding hydrogens is 392 g/mol. The van der Waals surface area contributed by atoms with E-state index in [1.54, 1.807) is 6.08 Å². The second-order valence-corrected chi connectivity index (χ2v) is 8.24. The van der Waals surface area contributed by atoms with Crippen LogP contribution in [0.15, 0.2) is 85.6 Å². The molecule has 3 aromatic rings. The molecule has 0 unspecified atom stereocenters. The number of imidazole rings is 1. The topological polar surface area (TPSA) is 18.0 Å². The lowest BCUT2D eigenvalue weighted by Gasteiger charge is -2.05. The molecule has 3 nitrogen and oxygen atoms in total. The van der Waals surface area contributed by atoms with Gasteiger partial charge in [0.2, 0.25) is 0 Å². The molecule has 0 atom stereocenters. The lowest BCUT2D eigenvalue weighted by Crippen LogP contribution is -2.38. The molecule has 1 aromatic heterocycles. The van der Waals surface area contributed by atoms with E-state index in [-0.39, 0.29) is 0 Å². The average molecular weight is 426 g/mol. The average Bonchev–Trinajstić information content (AvgIpc) is 3.00.